The molecule has 9 heteroatoms. The highest BCUT2D eigenvalue weighted by Gasteiger charge is 2.19. The fourth-order valence-corrected chi connectivity index (χ4v) is 2.54. The molecule has 0 fully saturated rings. The Hall–Kier alpha value is -2.68. The van der Waals surface area contributed by atoms with Crippen LogP contribution in [0.3, 0.4) is 0 Å². The molecule has 0 radical (unpaired) electrons. The molecule has 134 valence electrons. The lowest BCUT2D eigenvalue weighted by Gasteiger charge is -2.18. The molecule has 0 atom stereocenters. The number of hydrogen-bond acceptors (Lipinski definition) is 4. The van der Waals surface area contributed by atoms with Gasteiger partial charge in [0.25, 0.3) is 5.91 Å². The number of hydrogen-bond donors (Lipinski definition) is 1. The van der Waals surface area contributed by atoms with Gasteiger partial charge in [-0.3, -0.25) is 9.10 Å². The lowest BCUT2D eigenvalue weighted by atomic mass is 10.1. The second-order valence-corrected chi connectivity index (χ2v) is 7.21. The zero-order valence-electron chi connectivity index (χ0n) is 13.7. The SMILES string of the molecule is COc1ccc(N(C)S(C)(=O)=O)cc1C(=O)Nc1ccc(F)cc1F. The second kappa shape index (κ2) is 7.06. The fourth-order valence-electron chi connectivity index (χ4n) is 2.04. The minimum Gasteiger partial charge on any atom is -0.496 e. The third kappa shape index (κ3) is 4.24. The first-order chi connectivity index (χ1) is 11.6. The van der Waals surface area contributed by atoms with Gasteiger partial charge in [0.1, 0.15) is 17.4 Å². The predicted octanol–water partition coefficient (Wildman–Crippen LogP) is 2.62. The van der Waals surface area contributed by atoms with Crippen molar-refractivity contribution in [2.24, 2.45) is 0 Å². The minimum atomic E-state index is -3.53. The van der Waals surface area contributed by atoms with Gasteiger partial charge in [0.05, 0.1) is 30.3 Å². The molecule has 2 aromatic rings. The molecule has 6 nitrogen and oxygen atoms in total. The Morgan fingerprint density at radius 1 is 1.16 bits per heavy atom. The maximum Gasteiger partial charge on any atom is 0.259 e. The standard InChI is InChI=1S/C16H16F2N2O4S/c1-20(25(3,22)23)11-5-7-15(24-2)12(9-11)16(21)19-14-6-4-10(17)8-13(14)18/h4-9H,1-3H3,(H,19,21). The van der Waals surface area contributed by atoms with Crippen LogP contribution in [-0.4, -0.2) is 34.7 Å². The van der Waals surface area contributed by atoms with Crippen LogP contribution in [0.1, 0.15) is 10.4 Å². The number of carbonyl (C=O) groups is 1. The first kappa shape index (κ1) is 18.7. The molecule has 1 N–H and O–H groups in total. The van der Waals surface area contributed by atoms with Gasteiger partial charge in [0.15, 0.2) is 0 Å². The molecular formula is C16H16F2N2O4S. The van der Waals surface area contributed by atoms with E-state index >= 15 is 0 Å². The van der Waals surface area contributed by atoms with Crippen LogP contribution in [0.2, 0.25) is 0 Å². The van der Waals surface area contributed by atoms with Gasteiger partial charge >= 0.3 is 0 Å². The smallest absolute Gasteiger partial charge is 0.259 e. The summed E-state index contributed by atoms with van der Waals surface area (Å²) >= 11 is 0. The second-order valence-electron chi connectivity index (χ2n) is 5.19. The Balaban J connectivity index is 2.40. The number of methoxy groups -OCH3 is 1. The molecule has 2 aromatic carbocycles. The molecule has 0 spiro atoms. The molecule has 0 aromatic heterocycles. The molecule has 25 heavy (non-hydrogen) atoms. The summed E-state index contributed by atoms with van der Waals surface area (Å²) in [7, 11) is -0.859. The quantitative estimate of drug-likeness (QED) is 0.878. The number of ether oxygens (including phenoxy) is 1. The van der Waals surface area contributed by atoms with Crippen molar-refractivity contribution in [2.45, 2.75) is 0 Å². The molecule has 0 saturated heterocycles. The van der Waals surface area contributed by atoms with Gasteiger partial charge in [-0.05, 0) is 30.3 Å². The van der Waals surface area contributed by atoms with Crippen LogP contribution >= 0.6 is 0 Å². The summed E-state index contributed by atoms with van der Waals surface area (Å²) in [5, 5.41) is 2.30. The Bertz CT molecular complexity index is 916. The van der Waals surface area contributed by atoms with Crippen molar-refractivity contribution in [1.82, 2.24) is 0 Å². The predicted molar refractivity (Wildman–Crippen MR) is 90.6 cm³/mol. The molecule has 0 heterocycles. The van der Waals surface area contributed by atoms with Crippen LogP contribution in [0, 0.1) is 11.6 Å². The molecule has 0 aliphatic rings. The summed E-state index contributed by atoms with van der Waals surface area (Å²) in [6.45, 7) is 0. The van der Waals surface area contributed by atoms with Crippen molar-refractivity contribution >= 4 is 27.3 Å². The number of nitrogens with zero attached hydrogens (tertiary/aromatic N) is 1. The van der Waals surface area contributed by atoms with Crippen LogP contribution in [0.5, 0.6) is 5.75 Å². The lowest BCUT2D eigenvalue weighted by molar-refractivity contribution is 0.102. The van der Waals surface area contributed by atoms with Crippen LogP contribution < -0.4 is 14.4 Å². The largest absolute Gasteiger partial charge is 0.496 e. The van der Waals surface area contributed by atoms with Gasteiger partial charge in [-0.25, -0.2) is 17.2 Å². The lowest BCUT2D eigenvalue weighted by Crippen LogP contribution is -2.25. The van der Waals surface area contributed by atoms with E-state index in [4.69, 9.17) is 4.74 Å². The number of anilines is 2. The van der Waals surface area contributed by atoms with E-state index < -0.39 is 27.6 Å². The number of sulfonamides is 1. The summed E-state index contributed by atoms with van der Waals surface area (Å²) in [6, 6.07) is 6.92. The zero-order chi connectivity index (χ0) is 18.8. The van der Waals surface area contributed by atoms with E-state index in [-0.39, 0.29) is 22.7 Å². The maximum absolute atomic E-state index is 13.7. The number of halogens is 2. The number of amides is 1. The van der Waals surface area contributed by atoms with E-state index in [0.717, 1.165) is 22.7 Å². The Morgan fingerprint density at radius 3 is 2.40 bits per heavy atom. The fraction of sp³-hybridized carbons (Fsp3) is 0.188. The van der Waals surface area contributed by atoms with Crippen molar-refractivity contribution in [2.75, 3.05) is 30.0 Å². The van der Waals surface area contributed by atoms with Crippen LogP contribution in [0.25, 0.3) is 0 Å². The van der Waals surface area contributed by atoms with E-state index in [2.05, 4.69) is 5.32 Å². The number of carbonyl (C=O) groups excluding carboxylic acids is 1. The molecule has 0 aliphatic carbocycles. The van der Waals surface area contributed by atoms with Gasteiger partial charge in [-0.1, -0.05) is 0 Å². The van der Waals surface area contributed by atoms with Gasteiger partial charge < -0.3 is 10.1 Å². The monoisotopic (exact) mass is 370 g/mol. The van der Waals surface area contributed by atoms with Crippen LogP contribution in [0.4, 0.5) is 20.2 Å². The van der Waals surface area contributed by atoms with E-state index in [1.807, 2.05) is 0 Å². The molecule has 2 rings (SSSR count). The van der Waals surface area contributed by atoms with Gasteiger partial charge in [-0.15, -0.1) is 0 Å². The summed E-state index contributed by atoms with van der Waals surface area (Å²) in [5.41, 5.74) is 0.0163. The molecular weight excluding hydrogens is 354 g/mol. The highest BCUT2D eigenvalue weighted by Crippen LogP contribution is 2.27. The maximum atomic E-state index is 13.7. The first-order valence-electron chi connectivity index (χ1n) is 7.02. The van der Waals surface area contributed by atoms with Crippen molar-refractivity contribution < 1.29 is 26.7 Å². The van der Waals surface area contributed by atoms with Crippen molar-refractivity contribution in [3.8, 4) is 5.75 Å². The summed E-state index contributed by atoms with van der Waals surface area (Å²) < 4.78 is 56.0. The molecule has 1 amide bonds. The van der Waals surface area contributed by atoms with Gasteiger partial charge in [0.2, 0.25) is 10.0 Å². The van der Waals surface area contributed by atoms with Gasteiger partial charge in [0, 0.05) is 13.1 Å². The zero-order valence-corrected chi connectivity index (χ0v) is 14.5. The summed E-state index contributed by atoms with van der Waals surface area (Å²) in [5.74, 6) is -2.27. The third-order valence-electron chi connectivity index (χ3n) is 3.47. The Labute approximate surface area is 144 Å². The van der Waals surface area contributed by atoms with E-state index in [1.165, 1.54) is 32.4 Å². The molecule has 0 bridgehead atoms. The molecule has 0 saturated carbocycles. The van der Waals surface area contributed by atoms with E-state index in [1.54, 1.807) is 0 Å². The number of rotatable bonds is 5. The van der Waals surface area contributed by atoms with Crippen molar-refractivity contribution in [3.05, 3.63) is 53.6 Å². The van der Waals surface area contributed by atoms with E-state index in [9.17, 15) is 22.0 Å². The average Bonchev–Trinajstić information content (AvgIpc) is 2.55. The minimum absolute atomic E-state index is 0.000718. The average molecular weight is 370 g/mol. The highest BCUT2D eigenvalue weighted by atomic mass is 32.2. The molecule has 0 unspecified atom stereocenters. The Kier molecular flexibility index (Phi) is 5.27. The third-order valence-corrected chi connectivity index (χ3v) is 4.67. The number of nitrogens with one attached hydrogen (secondary N) is 1. The Morgan fingerprint density at radius 2 is 1.84 bits per heavy atom. The van der Waals surface area contributed by atoms with Gasteiger partial charge in [-0.2, -0.15) is 0 Å². The van der Waals surface area contributed by atoms with Crippen LogP contribution in [0.15, 0.2) is 36.4 Å². The highest BCUT2D eigenvalue weighted by molar-refractivity contribution is 7.92. The first-order valence-corrected chi connectivity index (χ1v) is 8.86. The van der Waals surface area contributed by atoms with Crippen molar-refractivity contribution in [1.29, 1.82) is 0 Å². The normalized spacial score (nSPS) is 11.1. The summed E-state index contributed by atoms with van der Waals surface area (Å²) in [6.07, 6.45) is 1.02. The topological polar surface area (TPSA) is 75.7 Å². The molecule has 0 aliphatic heterocycles. The van der Waals surface area contributed by atoms with E-state index in [0.29, 0.717) is 6.07 Å². The van der Waals surface area contributed by atoms with Crippen LogP contribution in [-0.2, 0) is 10.0 Å². The summed E-state index contributed by atoms with van der Waals surface area (Å²) in [4.78, 5) is 12.4. The van der Waals surface area contributed by atoms with Crippen molar-refractivity contribution in [3.63, 3.8) is 0 Å². The number of benzene rings is 2.